The molecule has 3 unspecified atom stereocenters. The summed E-state index contributed by atoms with van der Waals surface area (Å²) in [6.45, 7) is 2.91. The number of carbonyl (C=O) groups excluding carboxylic acids is 1. The van der Waals surface area contributed by atoms with Gasteiger partial charge in [-0.15, -0.1) is 0 Å². The zero-order valence-electron chi connectivity index (χ0n) is 18.2. The average molecular weight is 490 g/mol. The van der Waals surface area contributed by atoms with Crippen LogP contribution in [0.15, 0.2) is 48.7 Å². The number of benzene rings is 2. The number of hydrogen-bond donors (Lipinski definition) is 1. The molecule has 2 aromatic carbocycles. The average Bonchev–Trinajstić information content (AvgIpc) is 2.78. The number of rotatable bonds is 6. The van der Waals surface area contributed by atoms with Gasteiger partial charge in [-0.25, -0.2) is 8.60 Å². The van der Waals surface area contributed by atoms with Crippen LogP contribution < -0.4 is 9.88 Å². The zero-order chi connectivity index (χ0) is 23.5. The summed E-state index contributed by atoms with van der Waals surface area (Å²) in [4.78, 5) is 19.1. The minimum Gasteiger partial charge on any atom is -0.481 e. The monoisotopic (exact) mass is 489 g/mol. The molecular formula is C24H25ClFN3O3S. The number of amides is 1. The van der Waals surface area contributed by atoms with Crippen molar-refractivity contribution in [1.29, 1.82) is 0 Å². The fourth-order valence-corrected chi connectivity index (χ4v) is 5.29. The van der Waals surface area contributed by atoms with Crippen LogP contribution in [0.4, 0.5) is 4.39 Å². The van der Waals surface area contributed by atoms with Crippen molar-refractivity contribution in [1.82, 2.24) is 9.88 Å². The number of ether oxygens (including phenoxy) is 1. The van der Waals surface area contributed by atoms with Crippen molar-refractivity contribution >= 4 is 39.4 Å². The van der Waals surface area contributed by atoms with Crippen LogP contribution in [-0.2, 0) is 15.8 Å². The van der Waals surface area contributed by atoms with E-state index in [1.807, 2.05) is 12.1 Å². The fourth-order valence-electron chi connectivity index (χ4n) is 4.29. The molecule has 0 aliphatic carbocycles. The first-order chi connectivity index (χ1) is 15.8. The summed E-state index contributed by atoms with van der Waals surface area (Å²) in [6, 6.07) is 11.5. The summed E-state index contributed by atoms with van der Waals surface area (Å²) in [5, 5.41) is 6.59. The molecule has 1 fully saturated rings. The maximum Gasteiger partial charge on any atom is 0.263 e. The van der Waals surface area contributed by atoms with E-state index in [2.05, 4.69) is 4.98 Å². The lowest BCUT2D eigenvalue weighted by molar-refractivity contribution is -0.139. The summed E-state index contributed by atoms with van der Waals surface area (Å²) in [5.74, 6) is 0.558. The van der Waals surface area contributed by atoms with Crippen molar-refractivity contribution in [3.63, 3.8) is 0 Å². The van der Waals surface area contributed by atoms with E-state index >= 15 is 0 Å². The van der Waals surface area contributed by atoms with Gasteiger partial charge < -0.3 is 9.64 Å². The number of halogens is 2. The van der Waals surface area contributed by atoms with Crippen LogP contribution in [0.1, 0.15) is 19.8 Å². The van der Waals surface area contributed by atoms with Crippen molar-refractivity contribution in [2.45, 2.75) is 25.9 Å². The lowest BCUT2D eigenvalue weighted by Crippen LogP contribution is -2.46. The van der Waals surface area contributed by atoms with Gasteiger partial charge in [-0.2, -0.15) is 0 Å². The molecule has 3 aromatic rings. The van der Waals surface area contributed by atoms with Gasteiger partial charge in [-0.3, -0.25) is 14.9 Å². The van der Waals surface area contributed by atoms with Gasteiger partial charge in [0.25, 0.3) is 5.91 Å². The standard InChI is InChI=1S/C24H25ClFN3O3S/c1-15(24(30)29-10-2-3-16(13-29)14-33(27)31)32-18-5-7-21-19(8-9-28-23(21)12-18)20-6-4-17(26)11-22(20)25/h4-9,11-12,15-16H,2-3,10,13-14,27H2,1H3. The number of nitrogens with zero attached hydrogens (tertiary/aromatic N) is 2. The first-order valence-electron chi connectivity index (χ1n) is 10.7. The summed E-state index contributed by atoms with van der Waals surface area (Å²) in [5.41, 5.74) is 2.21. The maximum absolute atomic E-state index is 13.5. The number of hydrogen-bond acceptors (Lipinski definition) is 4. The molecule has 0 bridgehead atoms. The van der Waals surface area contributed by atoms with Crippen molar-refractivity contribution < 1.29 is 18.1 Å². The van der Waals surface area contributed by atoms with Gasteiger partial charge in [0.15, 0.2) is 6.10 Å². The second kappa shape index (κ2) is 10.2. The highest BCUT2D eigenvalue weighted by Gasteiger charge is 2.28. The molecule has 0 saturated carbocycles. The fraction of sp³-hybridized carbons (Fsp3) is 0.333. The predicted molar refractivity (Wildman–Crippen MR) is 129 cm³/mol. The molecule has 174 valence electrons. The molecule has 33 heavy (non-hydrogen) atoms. The predicted octanol–water partition coefficient (Wildman–Crippen LogP) is 4.32. The van der Waals surface area contributed by atoms with Crippen LogP contribution in [0, 0.1) is 11.7 Å². The number of pyridine rings is 1. The van der Waals surface area contributed by atoms with Gasteiger partial charge in [-0.1, -0.05) is 11.6 Å². The van der Waals surface area contributed by atoms with E-state index < -0.39 is 22.9 Å². The normalized spacial score (nSPS) is 18.2. The molecule has 2 N–H and O–H groups in total. The van der Waals surface area contributed by atoms with E-state index in [1.165, 1.54) is 12.1 Å². The Morgan fingerprint density at radius 2 is 2.12 bits per heavy atom. The Kier molecular flexibility index (Phi) is 7.26. The van der Waals surface area contributed by atoms with Gasteiger partial charge in [0, 0.05) is 42.1 Å². The van der Waals surface area contributed by atoms with E-state index in [-0.39, 0.29) is 11.8 Å². The smallest absolute Gasteiger partial charge is 0.263 e. The summed E-state index contributed by atoms with van der Waals surface area (Å²) < 4.78 is 30.8. The number of piperidine rings is 1. The van der Waals surface area contributed by atoms with E-state index in [1.54, 1.807) is 36.2 Å². The van der Waals surface area contributed by atoms with Crippen molar-refractivity contribution in [3.05, 3.63) is 59.5 Å². The minimum atomic E-state index is -1.37. The Balaban J connectivity index is 1.51. The second-order valence-corrected chi connectivity index (χ2v) is 9.76. The third-order valence-corrected chi connectivity index (χ3v) is 6.94. The van der Waals surface area contributed by atoms with E-state index in [9.17, 15) is 13.4 Å². The van der Waals surface area contributed by atoms with Gasteiger partial charge in [0.1, 0.15) is 11.6 Å². The Morgan fingerprint density at radius 3 is 2.88 bits per heavy atom. The third kappa shape index (κ3) is 5.51. The Bertz CT molecular complexity index is 1210. The summed E-state index contributed by atoms with van der Waals surface area (Å²) in [6.07, 6.45) is 2.75. The molecule has 1 amide bonds. The third-order valence-electron chi connectivity index (χ3n) is 5.83. The van der Waals surface area contributed by atoms with Gasteiger partial charge in [0.05, 0.1) is 21.5 Å². The van der Waals surface area contributed by atoms with Gasteiger partial charge in [0.2, 0.25) is 0 Å². The topological polar surface area (TPSA) is 85.5 Å². The van der Waals surface area contributed by atoms with Gasteiger partial charge in [-0.05, 0) is 67.6 Å². The number of likely N-dealkylation sites (tertiary alicyclic amines) is 1. The Morgan fingerprint density at radius 1 is 1.30 bits per heavy atom. The second-order valence-electron chi connectivity index (χ2n) is 8.26. The Labute approximate surface area is 199 Å². The summed E-state index contributed by atoms with van der Waals surface area (Å²) in [7, 11) is -1.37. The largest absolute Gasteiger partial charge is 0.481 e. The van der Waals surface area contributed by atoms with Crippen LogP contribution in [0.25, 0.3) is 22.0 Å². The molecule has 1 saturated heterocycles. The molecule has 2 heterocycles. The highest BCUT2D eigenvalue weighted by atomic mass is 35.5. The summed E-state index contributed by atoms with van der Waals surface area (Å²) >= 11 is 6.26. The zero-order valence-corrected chi connectivity index (χ0v) is 19.7. The quantitative estimate of drug-likeness (QED) is 0.558. The van der Waals surface area contributed by atoms with Crippen LogP contribution in [0.5, 0.6) is 5.75 Å². The van der Waals surface area contributed by atoms with E-state index in [0.29, 0.717) is 40.7 Å². The van der Waals surface area contributed by atoms with Crippen LogP contribution >= 0.6 is 11.6 Å². The Hall–Kier alpha value is -2.55. The SMILES string of the molecule is CC(Oc1ccc2c(-c3ccc(F)cc3Cl)ccnc2c1)C(=O)N1CCCC(CS(N)=O)C1. The van der Waals surface area contributed by atoms with Crippen molar-refractivity contribution in [3.8, 4) is 16.9 Å². The first-order valence-corrected chi connectivity index (χ1v) is 12.5. The lowest BCUT2D eigenvalue weighted by Gasteiger charge is -2.33. The number of carbonyl (C=O) groups is 1. The van der Waals surface area contributed by atoms with Gasteiger partial charge >= 0.3 is 0 Å². The molecule has 6 nitrogen and oxygen atoms in total. The molecule has 1 aliphatic rings. The van der Waals surface area contributed by atoms with Crippen LogP contribution in [-0.4, -0.2) is 44.9 Å². The number of fused-ring (bicyclic) bond motifs is 1. The molecule has 9 heteroatoms. The minimum absolute atomic E-state index is 0.109. The molecule has 1 aliphatic heterocycles. The first kappa shape index (κ1) is 23.6. The van der Waals surface area contributed by atoms with E-state index in [4.69, 9.17) is 21.5 Å². The molecule has 3 atom stereocenters. The molecule has 0 spiro atoms. The van der Waals surface area contributed by atoms with Crippen LogP contribution in [0.2, 0.25) is 5.02 Å². The van der Waals surface area contributed by atoms with E-state index in [0.717, 1.165) is 23.8 Å². The van der Waals surface area contributed by atoms with Crippen LogP contribution in [0.3, 0.4) is 0 Å². The van der Waals surface area contributed by atoms with Crippen molar-refractivity contribution in [2.24, 2.45) is 11.1 Å². The van der Waals surface area contributed by atoms with Crippen molar-refractivity contribution in [2.75, 3.05) is 18.8 Å². The molecular weight excluding hydrogens is 465 g/mol. The molecule has 1 aromatic heterocycles. The molecule has 0 radical (unpaired) electrons. The maximum atomic E-state index is 13.5. The number of aromatic nitrogens is 1. The highest BCUT2D eigenvalue weighted by molar-refractivity contribution is 7.82. The number of nitrogens with two attached hydrogens (primary N) is 1. The lowest BCUT2D eigenvalue weighted by atomic mass is 9.99. The highest BCUT2D eigenvalue weighted by Crippen LogP contribution is 2.34. The molecule has 4 rings (SSSR count).